The van der Waals surface area contributed by atoms with Crippen LogP contribution < -0.4 is 0 Å². The Hall–Kier alpha value is -1.96. The first-order valence-corrected chi connectivity index (χ1v) is 5.66. The predicted molar refractivity (Wildman–Crippen MR) is 61.1 cm³/mol. The molecule has 1 aromatic carbocycles. The lowest BCUT2D eigenvalue weighted by atomic mass is 10.0. The molecule has 4 nitrogen and oxygen atoms in total. The van der Waals surface area contributed by atoms with Crippen LogP contribution in [0.5, 0.6) is 0 Å². The molecular weight excluding hydrogens is 278 g/mol. The molecule has 108 valence electrons. The van der Waals surface area contributed by atoms with Gasteiger partial charge in [-0.3, -0.25) is 4.68 Å². The Kier molecular flexibility index (Phi) is 3.76. The zero-order chi connectivity index (χ0) is 14.9. The summed E-state index contributed by atoms with van der Waals surface area (Å²) in [5.74, 6) is -0.665. The molecule has 1 aromatic heterocycles. The largest absolute Gasteiger partial charge is 0.416 e. The fourth-order valence-electron chi connectivity index (χ4n) is 1.76. The third-order valence-corrected chi connectivity index (χ3v) is 2.81. The van der Waals surface area contributed by atoms with E-state index in [2.05, 4.69) is 10.1 Å². The molecule has 20 heavy (non-hydrogen) atoms. The lowest BCUT2D eigenvalue weighted by Crippen LogP contribution is -2.11. The van der Waals surface area contributed by atoms with E-state index in [0.717, 1.165) is 12.1 Å². The van der Waals surface area contributed by atoms with Crippen LogP contribution >= 0.6 is 0 Å². The highest BCUT2D eigenvalue weighted by Crippen LogP contribution is 2.32. The van der Waals surface area contributed by atoms with E-state index in [1.54, 1.807) is 7.05 Å². The monoisotopic (exact) mass is 289 g/mol. The van der Waals surface area contributed by atoms with Crippen molar-refractivity contribution in [3.63, 3.8) is 0 Å². The van der Waals surface area contributed by atoms with Crippen LogP contribution in [0, 0.1) is 5.82 Å². The molecule has 0 bridgehead atoms. The number of rotatable bonds is 3. The van der Waals surface area contributed by atoms with Crippen molar-refractivity contribution < 1.29 is 22.7 Å². The number of nitrogens with zero attached hydrogens (tertiary/aromatic N) is 3. The Morgan fingerprint density at radius 3 is 2.55 bits per heavy atom. The van der Waals surface area contributed by atoms with Gasteiger partial charge in [-0.25, -0.2) is 9.37 Å². The molecule has 0 saturated heterocycles. The molecule has 2 rings (SSSR count). The van der Waals surface area contributed by atoms with Gasteiger partial charge in [0.1, 0.15) is 18.0 Å². The minimum Gasteiger partial charge on any atom is -0.388 e. The van der Waals surface area contributed by atoms with Crippen LogP contribution in [0.4, 0.5) is 17.6 Å². The SMILES string of the molecule is Cn1ncnc1CC(O)c1cc(F)cc(C(F)(F)F)c1. The summed E-state index contributed by atoms with van der Waals surface area (Å²) in [6.07, 6.45) is -4.76. The van der Waals surface area contributed by atoms with Crippen molar-refractivity contribution in [2.45, 2.75) is 18.7 Å². The number of aliphatic hydroxyl groups is 1. The Morgan fingerprint density at radius 2 is 2.00 bits per heavy atom. The van der Waals surface area contributed by atoms with Crippen molar-refractivity contribution in [2.75, 3.05) is 0 Å². The van der Waals surface area contributed by atoms with Gasteiger partial charge in [-0.05, 0) is 23.8 Å². The van der Waals surface area contributed by atoms with E-state index in [0.29, 0.717) is 11.9 Å². The zero-order valence-electron chi connectivity index (χ0n) is 10.4. The number of aromatic nitrogens is 3. The molecule has 0 spiro atoms. The fraction of sp³-hybridized carbons (Fsp3) is 0.333. The van der Waals surface area contributed by atoms with Crippen LogP contribution in [0.3, 0.4) is 0 Å². The summed E-state index contributed by atoms with van der Waals surface area (Å²) < 4.78 is 52.3. The van der Waals surface area contributed by atoms with Gasteiger partial charge < -0.3 is 5.11 Å². The molecule has 0 aliphatic rings. The van der Waals surface area contributed by atoms with Gasteiger partial charge in [0, 0.05) is 13.5 Å². The van der Waals surface area contributed by atoms with Crippen LogP contribution in [-0.2, 0) is 19.6 Å². The van der Waals surface area contributed by atoms with Crippen LogP contribution in [0.2, 0.25) is 0 Å². The lowest BCUT2D eigenvalue weighted by molar-refractivity contribution is -0.137. The van der Waals surface area contributed by atoms with Gasteiger partial charge in [-0.1, -0.05) is 0 Å². The van der Waals surface area contributed by atoms with Gasteiger partial charge in [0.2, 0.25) is 0 Å². The number of hydrogen-bond donors (Lipinski definition) is 1. The Bertz CT molecular complexity index is 609. The average Bonchev–Trinajstić information content (AvgIpc) is 2.73. The topological polar surface area (TPSA) is 50.9 Å². The second-order valence-corrected chi connectivity index (χ2v) is 4.29. The van der Waals surface area contributed by atoms with Gasteiger partial charge >= 0.3 is 6.18 Å². The number of halogens is 4. The average molecular weight is 289 g/mol. The van der Waals surface area contributed by atoms with E-state index in [4.69, 9.17) is 0 Å². The summed E-state index contributed by atoms with van der Waals surface area (Å²) in [4.78, 5) is 3.85. The Balaban J connectivity index is 2.28. The van der Waals surface area contributed by atoms with Crippen LogP contribution in [0.25, 0.3) is 0 Å². The maximum absolute atomic E-state index is 13.2. The first kappa shape index (κ1) is 14.4. The molecule has 0 saturated carbocycles. The molecule has 1 N–H and O–H groups in total. The molecule has 8 heteroatoms. The number of hydrogen-bond acceptors (Lipinski definition) is 3. The van der Waals surface area contributed by atoms with E-state index in [9.17, 15) is 22.7 Å². The van der Waals surface area contributed by atoms with E-state index >= 15 is 0 Å². The highest BCUT2D eigenvalue weighted by Gasteiger charge is 2.32. The van der Waals surface area contributed by atoms with E-state index in [1.165, 1.54) is 11.0 Å². The van der Waals surface area contributed by atoms with Crippen LogP contribution in [-0.4, -0.2) is 19.9 Å². The fourth-order valence-corrected chi connectivity index (χ4v) is 1.76. The summed E-state index contributed by atoms with van der Waals surface area (Å²) in [6.45, 7) is 0. The summed E-state index contributed by atoms with van der Waals surface area (Å²) >= 11 is 0. The van der Waals surface area contributed by atoms with Crippen molar-refractivity contribution in [3.05, 3.63) is 47.3 Å². The van der Waals surface area contributed by atoms with Gasteiger partial charge in [-0.15, -0.1) is 0 Å². The standard InChI is InChI=1S/C12H11F4N3O/c1-19-11(17-6-18-19)5-10(20)7-2-8(12(14,15)16)4-9(13)3-7/h2-4,6,10,20H,5H2,1H3. The highest BCUT2D eigenvalue weighted by molar-refractivity contribution is 5.28. The molecule has 0 aliphatic heterocycles. The molecule has 1 heterocycles. The number of benzene rings is 1. The minimum absolute atomic E-state index is 0.0583. The van der Waals surface area contributed by atoms with Crippen molar-refractivity contribution in [2.24, 2.45) is 7.05 Å². The molecule has 0 fully saturated rings. The maximum Gasteiger partial charge on any atom is 0.416 e. The van der Waals surface area contributed by atoms with Crippen molar-refractivity contribution in [1.82, 2.24) is 14.8 Å². The third-order valence-electron chi connectivity index (χ3n) is 2.81. The summed E-state index contributed by atoms with van der Waals surface area (Å²) in [6, 6.07) is 1.99. The van der Waals surface area contributed by atoms with E-state index < -0.39 is 23.7 Å². The van der Waals surface area contributed by atoms with Gasteiger partial charge in [0.05, 0.1) is 11.7 Å². The molecule has 0 amide bonds. The minimum atomic E-state index is -4.67. The normalized spacial score (nSPS) is 13.5. The quantitative estimate of drug-likeness (QED) is 0.882. The van der Waals surface area contributed by atoms with E-state index in [-0.39, 0.29) is 12.0 Å². The van der Waals surface area contributed by atoms with Crippen molar-refractivity contribution >= 4 is 0 Å². The molecule has 0 aliphatic carbocycles. The van der Waals surface area contributed by atoms with Crippen molar-refractivity contribution in [1.29, 1.82) is 0 Å². The Labute approximate surface area is 111 Å². The molecule has 2 aromatic rings. The lowest BCUT2D eigenvalue weighted by Gasteiger charge is -2.13. The predicted octanol–water partition coefficient (Wildman–Crippen LogP) is 2.25. The van der Waals surface area contributed by atoms with Gasteiger partial charge in [0.15, 0.2) is 0 Å². The van der Waals surface area contributed by atoms with Gasteiger partial charge in [0.25, 0.3) is 0 Å². The molecule has 0 radical (unpaired) electrons. The molecule has 1 atom stereocenters. The summed E-state index contributed by atoms with van der Waals surface area (Å²) in [7, 11) is 1.59. The van der Waals surface area contributed by atoms with Crippen LogP contribution in [0.1, 0.15) is 23.1 Å². The van der Waals surface area contributed by atoms with Crippen LogP contribution in [0.15, 0.2) is 24.5 Å². The first-order chi connectivity index (χ1) is 9.27. The first-order valence-electron chi connectivity index (χ1n) is 5.66. The second kappa shape index (κ2) is 5.20. The van der Waals surface area contributed by atoms with Gasteiger partial charge in [-0.2, -0.15) is 18.3 Å². The van der Waals surface area contributed by atoms with E-state index in [1.807, 2.05) is 0 Å². The summed E-state index contributed by atoms with van der Waals surface area (Å²) in [5.41, 5.74) is -1.29. The van der Waals surface area contributed by atoms with Crippen molar-refractivity contribution in [3.8, 4) is 0 Å². The number of aliphatic hydroxyl groups excluding tert-OH is 1. The number of aryl methyl sites for hydroxylation is 1. The molecular formula is C12H11F4N3O. The second-order valence-electron chi connectivity index (χ2n) is 4.29. The highest BCUT2D eigenvalue weighted by atomic mass is 19.4. The smallest absolute Gasteiger partial charge is 0.388 e. The third kappa shape index (κ3) is 3.13. The Morgan fingerprint density at radius 1 is 1.30 bits per heavy atom. The molecule has 1 unspecified atom stereocenters. The number of alkyl halides is 3. The zero-order valence-corrected chi connectivity index (χ0v) is 10.4. The summed E-state index contributed by atoms with van der Waals surface area (Å²) in [5, 5.41) is 13.7. The maximum atomic E-state index is 13.2.